The summed E-state index contributed by atoms with van der Waals surface area (Å²) in [6.07, 6.45) is -1.66. The van der Waals surface area contributed by atoms with Gasteiger partial charge >= 0.3 is 12.1 Å². The number of aliphatic hydroxyl groups is 2. The van der Waals surface area contributed by atoms with E-state index in [0.29, 0.717) is 4.90 Å². The van der Waals surface area contributed by atoms with Crippen molar-refractivity contribution in [3.8, 4) is 12.1 Å². The number of carbonyl (C=O) groups excluding carboxylic acids is 2. The van der Waals surface area contributed by atoms with Gasteiger partial charge in [0.25, 0.3) is 0 Å². The minimum atomic E-state index is -4.02. The Kier molecular flexibility index (Phi) is 7.44. The summed E-state index contributed by atoms with van der Waals surface area (Å²) in [5.41, 5.74) is 0.256. The molecule has 0 unspecified atom stereocenters. The highest BCUT2D eigenvalue weighted by atomic mass is 32.2. The molecule has 2 aliphatic heterocycles. The number of β-amino-alcohol motifs (C(OH)–C–C–N with tert-alkyl or cyclic N) is 2. The van der Waals surface area contributed by atoms with Gasteiger partial charge in [-0.15, -0.1) is 0 Å². The number of anilines is 1. The zero-order valence-electron chi connectivity index (χ0n) is 20.9. The van der Waals surface area contributed by atoms with Crippen molar-refractivity contribution in [2.24, 2.45) is 0 Å². The Morgan fingerprint density at radius 1 is 1.10 bits per heavy atom. The van der Waals surface area contributed by atoms with E-state index >= 15 is 0 Å². The fraction of sp³-hybridized carbons (Fsp3) is 0.308. The lowest BCUT2D eigenvalue weighted by molar-refractivity contribution is 0.0572. The highest BCUT2D eigenvalue weighted by molar-refractivity contribution is 7.90. The SMILES string of the molecule is CC1=C(C#N)[C@@H](c2ccc(C#N)cc2S(C)(=O)=O)N(C(=O)N2C[C@H](O)[C@@H](O)C2)C(=O)N1c1cccc(CF)c1. The van der Waals surface area contributed by atoms with Crippen LogP contribution in [0.5, 0.6) is 0 Å². The van der Waals surface area contributed by atoms with Crippen LogP contribution in [0.25, 0.3) is 0 Å². The fourth-order valence-electron chi connectivity index (χ4n) is 4.75. The Labute approximate surface area is 224 Å². The van der Waals surface area contributed by atoms with Crippen molar-refractivity contribution in [3.05, 3.63) is 70.4 Å². The molecule has 11 nitrogen and oxygen atoms in total. The molecule has 4 rings (SSSR count). The molecule has 2 aromatic rings. The topological polar surface area (TPSA) is 166 Å². The summed E-state index contributed by atoms with van der Waals surface area (Å²) in [7, 11) is -4.02. The van der Waals surface area contributed by atoms with Crippen molar-refractivity contribution in [2.45, 2.75) is 36.7 Å². The first-order chi connectivity index (χ1) is 18.4. The van der Waals surface area contributed by atoms with Crippen molar-refractivity contribution < 1.29 is 32.6 Å². The number of benzene rings is 2. The molecule has 2 aliphatic rings. The Hall–Kier alpha value is -4.30. The maximum Gasteiger partial charge on any atom is 0.337 e. The van der Waals surface area contributed by atoms with Crippen LogP contribution in [-0.4, -0.2) is 72.0 Å². The smallest absolute Gasteiger partial charge is 0.337 e. The number of hydrogen-bond acceptors (Lipinski definition) is 8. The Morgan fingerprint density at radius 2 is 1.77 bits per heavy atom. The normalized spacial score (nSPS) is 21.7. The number of nitriles is 2. The maximum absolute atomic E-state index is 14.1. The molecule has 39 heavy (non-hydrogen) atoms. The predicted molar refractivity (Wildman–Crippen MR) is 135 cm³/mol. The zero-order valence-corrected chi connectivity index (χ0v) is 21.8. The molecular formula is C26H24FN5O6S. The Balaban J connectivity index is 2.00. The quantitative estimate of drug-likeness (QED) is 0.582. The number of amides is 4. The number of allylic oxidation sites excluding steroid dienone is 1. The number of imide groups is 1. The summed E-state index contributed by atoms with van der Waals surface area (Å²) in [4.78, 5) is 30.3. The summed E-state index contributed by atoms with van der Waals surface area (Å²) in [6.45, 7) is -0.0164. The third-order valence-corrected chi connectivity index (χ3v) is 7.82. The van der Waals surface area contributed by atoms with Crippen LogP contribution >= 0.6 is 0 Å². The number of rotatable bonds is 4. The molecular weight excluding hydrogens is 529 g/mol. The molecule has 0 radical (unpaired) electrons. The average molecular weight is 554 g/mol. The minimum Gasteiger partial charge on any atom is -0.388 e. The lowest BCUT2D eigenvalue weighted by Crippen LogP contribution is -2.56. The molecule has 2 heterocycles. The van der Waals surface area contributed by atoms with Crippen LogP contribution in [0, 0.1) is 22.7 Å². The van der Waals surface area contributed by atoms with Crippen LogP contribution < -0.4 is 4.90 Å². The number of hydrogen-bond donors (Lipinski definition) is 2. The van der Waals surface area contributed by atoms with Crippen molar-refractivity contribution in [2.75, 3.05) is 24.2 Å². The molecule has 2 N–H and O–H groups in total. The van der Waals surface area contributed by atoms with Crippen LogP contribution in [0.1, 0.15) is 29.7 Å². The van der Waals surface area contributed by atoms with Gasteiger partial charge in [-0.25, -0.2) is 27.3 Å². The predicted octanol–water partition coefficient (Wildman–Crippen LogP) is 2.37. The van der Waals surface area contributed by atoms with Gasteiger partial charge in [0, 0.05) is 12.0 Å². The highest BCUT2D eigenvalue weighted by Crippen LogP contribution is 2.42. The second kappa shape index (κ2) is 10.5. The fourth-order valence-corrected chi connectivity index (χ4v) is 5.70. The molecule has 0 aliphatic carbocycles. The van der Waals surface area contributed by atoms with Gasteiger partial charge in [0.15, 0.2) is 9.84 Å². The third kappa shape index (κ3) is 4.95. The van der Waals surface area contributed by atoms with E-state index in [1.165, 1.54) is 43.3 Å². The second-order valence-electron chi connectivity index (χ2n) is 9.26. The van der Waals surface area contributed by atoms with E-state index in [1.54, 1.807) is 0 Å². The first-order valence-electron chi connectivity index (χ1n) is 11.7. The van der Waals surface area contributed by atoms with Crippen molar-refractivity contribution in [3.63, 3.8) is 0 Å². The Morgan fingerprint density at radius 3 is 2.33 bits per heavy atom. The van der Waals surface area contributed by atoms with Gasteiger partial charge in [0.05, 0.1) is 59.2 Å². The largest absolute Gasteiger partial charge is 0.388 e. The number of likely N-dealkylation sites (tertiary alicyclic amines) is 1. The number of halogens is 1. The number of sulfone groups is 1. The van der Waals surface area contributed by atoms with Crippen LogP contribution in [0.15, 0.2) is 58.6 Å². The van der Waals surface area contributed by atoms with E-state index in [9.17, 15) is 43.1 Å². The highest BCUT2D eigenvalue weighted by Gasteiger charge is 2.48. The zero-order chi connectivity index (χ0) is 28.6. The molecule has 1 fully saturated rings. The van der Waals surface area contributed by atoms with E-state index in [-0.39, 0.29) is 51.6 Å². The second-order valence-corrected chi connectivity index (χ2v) is 11.2. The summed E-state index contributed by atoms with van der Waals surface area (Å²) in [5.74, 6) is 0. The first kappa shape index (κ1) is 27.7. The van der Waals surface area contributed by atoms with E-state index in [1.807, 2.05) is 12.1 Å². The van der Waals surface area contributed by atoms with Crippen LogP contribution in [-0.2, 0) is 16.5 Å². The van der Waals surface area contributed by atoms with E-state index in [0.717, 1.165) is 22.1 Å². The van der Waals surface area contributed by atoms with Crippen molar-refractivity contribution >= 4 is 27.6 Å². The number of urea groups is 2. The van der Waals surface area contributed by atoms with Gasteiger partial charge in [-0.3, -0.25) is 4.90 Å². The molecule has 0 aromatic heterocycles. The molecule has 3 atom stereocenters. The number of aliphatic hydroxyl groups excluding tert-OH is 2. The number of alkyl halides is 1. The summed E-state index contributed by atoms with van der Waals surface area (Å²) in [5, 5.41) is 39.7. The molecule has 0 bridgehead atoms. The Bertz CT molecular complexity index is 1570. The van der Waals surface area contributed by atoms with Gasteiger partial charge in [0.1, 0.15) is 12.7 Å². The number of carbonyl (C=O) groups is 2. The molecule has 1 saturated heterocycles. The standard InChI is InChI=1S/C26H24FN5O6S/c1-15-20(12-29)24(19-7-6-17(11-28)9-23(19)39(2,37)38)32(25(35)30-13-21(33)22(34)14-30)26(36)31(15)18-5-3-4-16(8-18)10-27/h3-9,21-22,24,33-34H,10,13-14H2,1-2H3/t21-,22-,24+/m0/s1. The van der Waals surface area contributed by atoms with Gasteiger partial charge in [-0.05, 0) is 42.3 Å². The molecule has 2 aromatic carbocycles. The summed E-state index contributed by atoms with van der Waals surface area (Å²) in [6, 6.07) is 9.91. The lowest BCUT2D eigenvalue weighted by atomic mass is 9.93. The molecule has 0 spiro atoms. The monoisotopic (exact) mass is 553 g/mol. The van der Waals surface area contributed by atoms with Crippen LogP contribution in [0.2, 0.25) is 0 Å². The van der Waals surface area contributed by atoms with E-state index < -0.39 is 46.8 Å². The first-order valence-corrected chi connectivity index (χ1v) is 13.6. The average Bonchev–Trinajstić information content (AvgIpc) is 3.25. The van der Waals surface area contributed by atoms with Crippen LogP contribution in [0.3, 0.4) is 0 Å². The van der Waals surface area contributed by atoms with Gasteiger partial charge in [-0.2, -0.15) is 10.5 Å². The van der Waals surface area contributed by atoms with Gasteiger partial charge in [-0.1, -0.05) is 18.2 Å². The van der Waals surface area contributed by atoms with E-state index in [2.05, 4.69) is 0 Å². The molecule has 4 amide bonds. The van der Waals surface area contributed by atoms with Gasteiger partial charge < -0.3 is 15.1 Å². The third-order valence-electron chi connectivity index (χ3n) is 6.67. The summed E-state index contributed by atoms with van der Waals surface area (Å²) >= 11 is 0. The molecule has 0 saturated carbocycles. The molecule has 13 heteroatoms. The number of nitrogens with zero attached hydrogens (tertiary/aromatic N) is 5. The lowest BCUT2D eigenvalue weighted by Gasteiger charge is -2.42. The summed E-state index contributed by atoms with van der Waals surface area (Å²) < 4.78 is 39.0. The maximum atomic E-state index is 14.1. The van der Waals surface area contributed by atoms with E-state index in [4.69, 9.17) is 0 Å². The van der Waals surface area contributed by atoms with Gasteiger partial charge in [0.2, 0.25) is 0 Å². The van der Waals surface area contributed by atoms with Crippen molar-refractivity contribution in [1.82, 2.24) is 9.80 Å². The minimum absolute atomic E-state index is 0.00819. The van der Waals surface area contributed by atoms with Crippen LogP contribution in [0.4, 0.5) is 19.7 Å². The van der Waals surface area contributed by atoms with Crippen molar-refractivity contribution in [1.29, 1.82) is 10.5 Å². The molecule has 202 valence electrons.